The second-order valence-corrected chi connectivity index (χ2v) is 8.42. The summed E-state index contributed by atoms with van der Waals surface area (Å²) in [5.74, 6) is -1.32. The third-order valence-corrected chi connectivity index (χ3v) is 6.24. The number of carbonyl (C=O) groups is 2. The van der Waals surface area contributed by atoms with E-state index in [9.17, 15) is 9.59 Å². The number of hydrogen-bond donors (Lipinski definition) is 0. The second-order valence-electron chi connectivity index (χ2n) is 7.57. The van der Waals surface area contributed by atoms with Gasteiger partial charge in [-0.25, -0.2) is 5.06 Å². The fourth-order valence-electron chi connectivity index (χ4n) is 4.25. The fourth-order valence-corrected chi connectivity index (χ4v) is 4.77. The number of nitrogens with zero attached hydrogens (tertiary/aromatic N) is 2. The summed E-state index contributed by atoms with van der Waals surface area (Å²) in [4.78, 5) is 34.0. The molecule has 3 atom stereocenters. The Labute approximate surface area is 189 Å². The van der Waals surface area contributed by atoms with E-state index in [1.807, 2.05) is 60.7 Å². The number of imide groups is 1. The van der Waals surface area contributed by atoms with Crippen molar-refractivity contribution in [2.24, 2.45) is 5.92 Å². The topological polar surface area (TPSA) is 49.9 Å². The van der Waals surface area contributed by atoms with Gasteiger partial charge >= 0.3 is 0 Å². The summed E-state index contributed by atoms with van der Waals surface area (Å²) >= 11 is 12.6. The lowest BCUT2D eigenvalue weighted by Crippen LogP contribution is -2.37. The van der Waals surface area contributed by atoms with Gasteiger partial charge in [-0.3, -0.25) is 19.3 Å². The van der Waals surface area contributed by atoms with Gasteiger partial charge in [0.1, 0.15) is 5.92 Å². The molecule has 31 heavy (non-hydrogen) atoms. The number of amides is 2. The van der Waals surface area contributed by atoms with E-state index in [0.29, 0.717) is 15.6 Å². The van der Waals surface area contributed by atoms with Gasteiger partial charge in [-0.15, -0.1) is 0 Å². The summed E-state index contributed by atoms with van der Waals surface area (Å²) in [7, 11) is 0. The standard InChI is InChI=1S/C24H18Cl2N2O3/c25-16-11-12-18(19(26)13-16)21-20-22(31-28(21)17-9-5-2-6-10-17)24(30)27(23(20)29)14-15-7-3-1-4-8-15/h1-13,20-22H,14H2/t20-,21-,22-/m0/s1. The van der Waals surface area contributed by atoms with Gasteiger partial charge in [-0.2, -0.15) is 0 Å². The molecule has 7 heteroatoms. The molecule has 0 aliphatic carbocycles. The zero-order chi connectivity index (χ0) is 21.5. The van der Waals surface area contributed by atoms with Crippen molar-refractivity contribution in [3.8, 4) is 0 Å². The normalized spacial score (nSPS) is 22.8. The summed E-state index contributed by atoms with van der Waals surface area (Å²) in [5, 5.41) is 2.54. The third-order valence-electron chi connectivity index (χ3n) is 5.68. The maximum absolute atomic E-state index is 13.5. The molecule has 2 aliphatic rings. The second kappa shape index (κ2) is 8.00. The average molecular weight is 453 g/mol. The van der Waals surface area contributed by atoms with Crippen molar-refractivity contribution < 1.29 is 14.4 Å². The van der Waals surface area contributed by atoms with Crippen LogP contribution in [0.15, 0.2) is 78.9 Å². The Bertz CT molecular complexity index is 1140. The van der Waals surface area contributed by atoms with Crippen molar-refractivity contribution in [3.63, 3.8) is 0 Å². The van der Waals surface area contributed by atoms with Crippen molar-refractivity contribution in [1.29, 1.82) is 0 Å². The fraction of sp³-hybridized carbons (Fsp3) is 0.167. The monoisotopic (exact) mass is 452 g/mol. The predicted molar refractivity (Wildman–Crippen MR) is 118 cm³/mol. The quantitative estimate of drug-likeness (QED) is 0.520. The van der Waals surface area contributed by atoms with Crippen LogP contribution in [0.2, 0.25) is 10.0 Å². The zero-order valence-corrected chi connectivity index (χ0v) is 17.8. The largest absolute Gasteiger partial charge is 0.275 e. The average Bonchev–Trinajstić information content (AvgIpc) is 3.27. The maximum Gasteiger partial charge on any atom is 0.262 e. The van der Waals surface area contributed by atoms with Gasteiger partial charge in [0.2, 0.25) is 5.91 Å². The van der Waals surface area contributed by atoms with Gasteiger partial charge in [-0.1, -0.05) is 77.8 Å². The van der Waals surface area contributed by atoms with Crippen molar-refractivity contribution >= 4 is 40.7 Å². The molecule has 0 N–H and O–H groups in total. The number of carbonyl (C=O) groups excluding carboxylic acids is 2. The molecular formula is C24H18Cl2N2O3. The molecule has 2 aliphatic heterocycles. The first kappa shape index (κ1) is 20.1. The molecule has 2 fully saturated rings. The van der Waals surface area contributed by atoms with E-state index in [0.717, 1.165) is 11.3 Å². The summed E-state index contributed by atoms with van der Waals surface area (Å²) in [6, 6.07) is 23.4. The molecule has 5 rings (SSSR count). The van der Waals surface area contributed by atoms with Crippen LogP contribution in [0.4, 0.5) is 5.69 Å². The number of halogens is 2. The van der Waals surface area contributed by atoms with E-state index in [1.54, 1.807) is 23.3 Å². The summed E-state index contributed by atoms with van der Waals surface area (Å²) < 4.78 is 0. The van der Waals surface area contributed by atoms with Crippen LogP contribution in [0.1, 0.15) is 17.2 Å². The van der Waals surface area contributed by atoms with Crippen molar-refractivity contribution in [2.75, 3.05) is 5.06 Å². The van der Waals surface area contributed by atoms with E-state index in [2.05, 4.69) is 0 Å². The first-order chi connectivity index (χ1) is 15.0. The highest BCUT2D eigenvalue weighted by molar-refractivity contribution is 6.35. The highest BCUT2D eigenvalue weighted by Crippen LogP contribution is 2.48. The lowest BCUT2D eigenvalue weighted by atomic mass is 9.90. The van der Waals surface area contributed by atoms with Crippen LogP contribution in [0, 0.1) is 5.92 Å². The van der Waals surface area contributed by atoms with Crippen LogP contribution in [0.25, 0.3) is 0 Å². The zero-order valence-electron chi connectivity index (χ0n) is 16.3. The van der Waals surface area contributed by atoms with Gasteiger partial charge in [-0.05, 0) is 35.4 Å². The summed E-state index contributed by atoms with van der Waals surface area (Å²) in [6.45, 7) is 0.210. The van der Waals surface area contributed by atoms with Crippen LogP contribution >= 0.6 is 23.2 Å². The minimum atomic E-state index is -0.909. The van der Waals surface area contributed by atoms with E-state index in [4.69, 9.17) is 28.0 Å². The molecule has 0 aromatic heterocycles. The van der Waals surface area contributed by atoms with Crippen LogP contribution in [-0.2, 0) is 21.0 Å². The Morgan fingerprint density at radius 1 is 0.839 bits per heavy atom. The van der Waals surface area contributed by atoms with Gasteiger partial charge in [0.25, 0.3) is 5.91 Å². The van der Waals surface area contributed by atoms with E-state index in [-0.39, 0.29) is 18.4 Å². The first-order valence-corrected chi connectivity index (χ1v) is 10.7. The lowest BCUT2D eigenvalue weighted by Gasteiger charge is -2.29. The van der Waals surface area contributed by atoms with Crippen LogP contribution in [0.5, 0.6) is 0 Å². The molecule has 0 unspecified atom stereocenters. The molecule has 3 aromatic rings. The first-order valence-electron chi connectivity index (χ1n) is 9.90. The highest BCUT2D eigenvalue weighted by Gasteiger charge is 2.60. The maximum atomic E-state index is 13.5. The van der Waals surface area contributed by atoms with Gasteiger partial charge in [0.05, 0.1) is 18.3 Å². The van der Waals surface area contributed by atoms with E-state index >= 15 is 0 Å². The van der Waals surface area contributed by atoms with Gasteiger partial charge < -0.3 is 0 Å². The molecule has 2 heterocycles. The molecule has 0 saturated carbocycles. The lowest BCUT2D eigenvalue weighted by molar-refractivity contribution is -0.143. The Balaban J connectivity index is 1.55. The van der Waals surface area contributed by atoms with E-state index < -0.39 is 18.1 Å². The Morgan fingerprint density at radius 3 is 2.19 bits per heavy atom. The van der Waals surface area contributed by atoms with Crippen LogP contribution in [0.3, 0.4) is 0 Å². The van der Waals surface area contributed by atoms with Crippen molar-refractivity contribution in [2.45, 2.75) is 18.7 Å². The van der Waals surface area contributed by atoms with Crippen LogP contribution < -0.4 is 5.06 Å². The Morgan fingerprint density at radius 2 is 1.52 bits per heavy atom. The molecule has 2 amide bonds. The van der Waals surface area contributed by atoms with E-state index in [1.165, 1.54) is 4.90 Å². The number of para-hydroxylation sites is 1. The molecule has 2 saturated heterocycles. The predicted octanol–water partition coefficient (Wildman–Crippen LogP) is 5.04. The van der Waals surface area contributed by atoms with Crippen LogP contribution in [-0.4, -0.2) is 22.8 Å². The molecule has 0 spiro atoms. The minimum Gasteiger partial charge on any atom is -0.275 e. The molecule has 0 radical (unpaired) electrons. The highest BCUT2D eigenvalue weighted by atomic mass is 35.5. The summed E-state index contributed by atoms with van der Waals surface area (Å²) in [6.07, 6.45) is -0.909. The number of hydroxylamine groups is 1. The number of hydrogen-bond acceptors (Lipinski definition) is 4. The smallest absolute Gasteiger partial charge is 0.262 e. The van der Waals surface area contributed by atoms with Crippen molar-refractivity contribution in [3.05, 3.63) is 100 Å². The number of likely N-dealkylation sites (tertiary alicyclic amines) is 1. The Kier molecular flexibility index (Phi) is 5.18. The molecule has 156 valence electrons. The summed E-state index contributed by atoms with van der Waals surface area (Å²) in [5.41, 5.74) is 2.30. The SMILES string of the molecule is O=C1[C@@H]2[C@H](ON(c3ccccc3)[C@H]2c2ccc(Cl)cc2Cl)C(=O)N1Cc1ccccc1. The molecule has 0 bridgehead atoms. The molecule has 3 aromatic carbocycles. The van der Waals surface area contributed by atoms with Crippen molar-refractivity contribution in [1.82, 2.24) is 4.90 Å². The Hall–Kier alpha value is -2.86. The third kappa shape index (κ3) is 3.49. The number of fused-ring (bicyclic) bond motifs is 1. The van der Waals surface area contributed by atoms with Gasteiger partial charge in [0, 0.05) is 10.0 Å². The molecular weight excluding hydrogens is 435 g/mol. The molecule has 5 nitrogen and oxygen atoms in total. The number of rotatable bonds is 4. The van der Waals surface area contributed by atoms with Gasteiger partial charge in [0.15, 0.2) is 6.10 Å². The number of benzene rings is 3. The minimum absolute atomic E-state index is 0.210. The number of anilines is 1.